The molecule has 0 aromatic heterocycles. The highest BCUT2D eigenvalue weighted by Gasteiger charge is 2.40. The van der Waals surface area contributed by atoms with E-state index in [4.69, 9.17) is 4.74 Å². The van der Waals surface area contributed by atoms with Gasteiger partial charge in [-0.25, -0.2) is 0 Å². The minimum atomic E-state index is -0.435. The summed E-state index contributed by atoms with van der Waals surface area (Å²) < 4.78 is 5.66. The number of allylic oxidation sites excluding steroid dienone is 3. The van der Waals surface area contributed by atoms with Crippen LogP contribution >= 0.6 is 0 Å². The molecule has 2 amide bonds. The van der Waals surface area contributed by atoms with Crippen LogP contribution in [-0.4, -0.2) is 61.0 Å². The molecule has 2 rings (SSSR count). The summed E-state index contributed by atoms with van der Waals surface area (Å²) in [6.45, 7) is 0.394. The Morgan fingerprint density at radius 3 is 3.00 bits per heavy atom. The Kier molecular flexibility index (Phi) is 6.94. The molecule has 25 heavy (non-hydrogen) atoms. The fourth-order valence-corrected chi connectivity index (χ4v) is 2.98. The number of hydrogen-bond acceptors (Lipinski definition) is 5. The van der Waals surface area contributed by atoms with Crippen molar-refractivity contribution < 1.29 is 24.2 Å². The molecular weight excluding hydrogens is 324 g/mol. The van der Waals surface area contributed by atoms with Crippen molar-refractivity contribution in [2.75, 3.05) is 26.8 Å². The normalized spacial score (nSPS) is 20.3. The van der Waals surface area contributed by atoms with Crippen LogP contribution in [0.2, 0.25) is 0 Å². The highest BCUT2D eigenvalue weighted by Crippen LogP contribution is 2.32. The number of carbonyl (C=O) groups is 3. The molecular formula is C18H24N2O5. The van der Waals surface area contributed by atoms with Crippen LogP contribution in [0, 0.1) is 5.92 Å². The third kappa shape index (κ3) is 4.57. The van der Waals surface area contributed by atoms with Crippen molar-refractivity contribution in [2.45, 2.75) is 25.3 Å². The van der Waals surface area contributed by atoms with E-state index in [0.29, 0.717) is 18.7 Å². The molecule has 1 heterocycles. The van der Waals surface area contributed by atoms with E-state index in [0.717, 1.165) is 11.9 Å². The van der Waals surface area contributed by atoms with Crippen molar-refractivity contribution >= 4 is 18.1 Å². The molecule has 2 unspecified atom stereocenters. The number of carbonyl (C=O) groups excluding carboxylic acids is 3. The summed E-state index contributed by atoms with van der Waals surface area (Å²) in [7, 11) is 1.56. The van der Waals surface area contributed by atoms with Gasteiger partial charge in [0.15, 0.2) is 0 Å². The first-order valence-corrected chi connectivity index (χ1v) is 8.38. The largest absolute Gasteiger partial charge is 0.493 e. The first-order chi connectivity index (χ1) is 12.1. The highest BCUT2D eigenvalue weighted by atomic mass is 16.5. The lowest BCUT2D eigenvalue weighted by molar-refractivity contribution is -0.133. The SMILES string of the molecule is CNC(=O)CCC(CO)N1CC2=C(OCCC=O)C=CC=CC2C1=O. The van der Waals surface area contributed by atoms with Crippen LogP contribution in [0.3, 0.4) is 0 Å². The van der Waals surface area contributed by atoms with Gasteiger partial charge in [0.2, 0.25) is 11.8 Å². The zero-order chi connectivity index (χ0) is 18.2. The van der Waals surface area contributed by atoms with Gasteiger partial charge in [0.1, 0.15) is 12.0 Å². The topological polar surface area (TPSA) is 95.9 Å². The second-order valence-corrected chi connectivity index (χ2v) is 5.93. The number of aliphatic hydroxyl groups excluding tert-OH is 1. The summed E-state index contributed by atoms with van der Waals surface area (Å²) in [5, 5.41) is 12.2. The van der Waals surface area contributed by atoms with Crippen LogP contribution in [0.5, 0.6) is 0 Å². The molecule has 1 saturated heterocycles. The van der Waals surface area contributed by atoms with E-state index >= 15 is 0 Å². The molecule has 1 aliphatic carbocycles. The third-order valence-corrected chi connectivity index (χ3v) is 4.37. The minimum Gasteiger partial charge on any atom is -0.493 e. The van der Waals surface area contributed by atoms with Gasteiger partial charge in [0.25, 0.3) is 0 Å². The van der Waals surface area contributed by atoms with Crippen molar-refractivity contribution in [1.82, 2.24) is 10.2 Å². The fraction of sp³-hybridized carbons (Fsp3) is 0.500. The molecule has 0 bridgehead atoms. The fourth-order valence-electron chi connectivity index (χ4n) is 2.98. The standard InChI is InChI=1S/C18H24N2O5/c1-19-17(23)8-7-13(12-22)20-11-15-14(18(20)24)5-2-3-6-16(15)25-10-4-9-21/h2-3,5-6,9,13-14,22H,4,7-8,10-12H2,1H3,(H,19,23). The predicted molar refractivity (Wildman–Crippen MR) is 91.3 cm³/mol. The number of nitrogens with one attached hydrogen (secondary N) is 1. The van der Waals surface area contributed by atoms with E-state index in [1.165, 1.54) is 0 Å². The molecule has 1 aliphatic heterocycles. The average molecular weight is 348 g/mol. The quantitative estimate of drug-likeness (QED) is 0.462. The molecule has 0 radical (unpaired) electrons. The molecule has 2 atom stereocenters. The van der Waals surface area contributed by atoms with Gasteiger partial charge in [-0.2, -0.15) is 0 Å². The zero-order valence-electron chi connectivity index (χ0n) is 14.3. The first kappa shape index (κ1) is 18.9. The van der Waals surface area contributed by atoms with E-state index in [-0.39, 0.29) is 37.9 Å². The van der Waals surface area contributed by atoms with Gasteiger partial charge in [0, 0.05) is 32.0 Å². The Labute approximate surface area is 147 Å². The molecule has 0 spiro atoms. The van der Waals surface area contributed by atoms with Crippen molar-refractivity contribution in [3.05, 3.63) is 35.6 Å². The first-order valence-electron chi connectivity index (χ1n) is 8.38. The van der Waals surface area contributed by atoms with E-state index in [2.05, 4.69) is 5.32 Å². The molecule has 136 valence electrons. The van der Waals surface area contributed by atoms with Crippen LogP contribution in [0.4, 0.5) is 0 Å². The van der Waals surface area contributed by atoms with Crippen molar-refractivity contribution in [3.8, 4) is 0 Å². The summed E-state index contributed by atoms with van der Waals surface area (Å²) in [4.78, 5) is 36.3. The van der Waals surface area contributed by atoms with Crippen molar-refractivity contribution in [3.63, 3.8) is 0 Å². The van der Waals surface area contributed by atoms with Gasteiger partial charge < -0.3 is 24.9 Å². The van der Waals surface area contributed by atoms with Crippen LogP contribution in [0.15, 0.2) is 35.6 Å². The third-order valence-electron chi connectivity index (χ3n) is 4.37. The summed E-state index contributed by atoms with van der Waals surface area (Å²) >= 11 is 0. The van der Waals surface area contributed by atoms with Crippen LogP contribution in [0.25, 0.3) is 0 Å². The van der Waals surface area contributed by atoms with E-state index < -0.39 is 12.0 Å². The van der Waals surface area contributed by atoms with E-state index in [1.54, 1.807) is 36.3 Å². The number of aliphatic hydroxyl groups is 1. The molecule has 0 saturated carbocycles. The maximum Gasteiger partial charge on any atom is 0.234 e. The highest BCUT2D eigenvalue weighted by molar-refractivity contribution is 5.88. The molecule has 2 N–H and O–H groups in total. The Morgan fingerprint density at radius 2 is 2.32 bits per heavy atom. The van der Waals surface area contributed by atoms with Crippen LogP contribution in [0.1, 0.15) is 19.3 Å². The predicted octanol–water partition coefficient (Wildman–Crippen LogP) is 0.318. The molecule has 0 aromatic carbocycles. The summed E-state index contributed by atoms with van der Waals surface area (Å²) in [5.74, 6) is -0.0763. The molecule has 2 aliphatic rings. The molecule has 7 nitrogen and oxygen atoms in total. The number of hydrogen-bond donors (Lipinski definition) is 2. The van der Waals surface area contributed by atoms with Gasteiger partial charge in [-0.05, 0) is 12.5 Å². The van der Waals surface area contributed by atoms with Gasteiger partial charge in [-0.1, -0.05) is 18.2 Å². The van der Waals surface area contributed by atoms with Crippen LogP contribution in [-0.2, 0) is 19.1 Å². The second kappa shape index (κ2) is 9.17. The second-order valence-electron chi connectivity index (χ2n) is 5.93. The summed E-state index contributed by atoms with van der Waals surface area (Å²) in [6.07, 6.45) is 8.88. The van der Waals surface area contributed by atoms with Crippen LogP contribution < -0.4 is 5.32 Å². The van der Waals surface area contributed by atoms with Crippen molar-refractivity contribution in [2.24, 2.45) is 5.92 Å². The Balaban J connectivity index is 2.16. The van der Waals surface area contributed by atoms with Gasteiger partial charge >= 0.3 is 0 Å². The lowest BCUT2D eigenvalue weighted by Gasteiger charge is -2.26. The number of ether oxygens (including phenoxy) is 1. The van der Waals surface area contributed by atoms with Gasteiger partial charge in [-0.3, -0.25) is 9.59 Å². The monoisotopic (exact) mass is 348 g/mol. The van der Waals surface area contributed by atoms with Gasteiger partial charge in [-0.15, -0.1) is 0 Å². The van der Waals surface area contributed by atoms with E-state index in [9.17, 15) is 19.5 Å². The Hall–Kier alpha value is -2.41. The maximum atomic E-state index is 12.8. The summed E-state index contributed by atoms with van der Waals surface area (Å²) in [5.41, 5.74) is 0.819. The average Bonchev–Trinajstić information content (AvgIpc) is 2.81. The minimum absolute atomic E-state index is 0.109. The zero-order valence-corrected chi connectivity index (χ0v) is 14.3. The number of likely N-dealkylation sites (tertiary alicyclic amines) is 1. The molecule has 1 fully saturated rings. The number of aldehydes is 1. The molecule has 7 heteroatoms. The number of nitrogens with zero attached hydrogens (tertiary/aromatic N) is 1. The summed E-state index contributed by atoms with van der Waals surface area (Å²) in [6, 6.07) is -0.419. The Bertz CT molecular complexity index is 609. The lowest BCUT2D eigenvalue weighted by atomic mass is 10.0. The lowest BCUT2D eigenvalue weighted by Crippen LogP contribution is -2.40. The van der Waals surface area contributed by atoms with E-state index in [1.807, 2.05) is 0 Å². The number of amides is 2. The van der Waals surface area contributed by atoms with Gasteiger partial charge in [0.05, 0.1) is 25.2 Å². The smallest absolute Gasteiger partial charge is 0.234 e. The maximum absolute atomic E-state index is 12.8. The number of rotatable bonds is 9. The Morgan fingerprint density at radius 1 is 1.52 bits per heavy atom. The molecule has 0 aromatic rings. The number of fused-ring (bicyclic) bond motifs is 1. The van der Waals surface area contributed by atoms with Crippen molar-refractivity contribution in [1.29, 1.82) is 0 Å².